The summed E-state index contributed by atoms with van der Waals surface area (Å²) < 4.78 is 5.16. The molecule has 2 rings (SSSR count). The molecule has 1 saturated carbocycles. The molecule has 0 amide bonds. The third-order valence-corrected chi connectivity index (χ3v) is 3.05. The molecule has 1 aromatic rings. The van der Waals surface area contributed by atoms with E-state index in [1.54, 1.807) is 7.11 Å². The molecule has 82 valence electrons. The highest BCUT2D eigenvalue weighted by Gasteiger charge is 2.38. The lowest BCUT2D eigenvalue weighted by Gasteiger charge is -2.14. The second kappa shape index (κ2) is 3.42. The van der Waals surface area contributed by atoms with Gasteiger partial charge < -0.3 is 15.6 Å². The van der Waals surface area contributed by atoms with Crippen molar-refractivity contribution in [1.29, 1.82) is 0 Å². The monoisotopic (exact) mass is 207 g/mol. The molecule has 0 spiro atoms. The molecule has 3 heteroatoms. The van der Waals surface area contributed by atoms with Crippen LogP contribution in [0.1, 0.15) is 24.0 Å². The quantitative estimate of drug-likeness (QED) is 0.793. The average Bonchev–Trinajstić information content (AvgIpc) is 2.90. The molecule has 0 atom stereocenters. The van der Waals surface area contributed by atoms with Gasteiger partial charge in [-0.25, -0.2) is 0 Å². The van der Waals surface area contributed by atoms with Crippen molar-refractivity contribution in [3.05, 3.63) is 23.3 Å². The number of aryl methyl sites for hydroxylation is 1. The molecule has 3 N–H and O–H groups in total. The van der Waals surface area contributed by atoms with E-state index in [1.165, 1.54) is 0 Å². The van der Waals surface area contributed by atoms with Gasteiger partial charge in [0.05, 0.1) is 7.11 Å². The van der Waals surface area contributed by atoms with Crippen LogP contribution in [-0.2, 0) is 6.42 Å². The van der Waals surface area contributed by atoms with Crippen LogP contribution >= 0.6 is 0 Å². The average molecular weight is 207 g/mol. The number of aromatic hydroxyl groups is 1. The number of phenolic OH excluding ortho intramolecular Hbond substituents is 1. The lowest BCUT2D eigenvalue weighted by molar-refractivity contribution is 0.367. The predicted octanol–water partition coefficient (Wildman–Crippen LogP) is 1.74. The van der Waals surface area contributed by atoms with Crippen molar-refractivity contribution in [2.24, 2.45) is 5.73 Å². The third-order valence-electron chi connectivity index (χ3n) is 3.05. The van der Waals surface area contributed by atoms with Gasteiger partial charge in [-0.05, 0) is 37.3 Å². The molecule has 1 aromatic carbocycles. The predicted molar refractivity (Wildman–Crippen MR) is 59.3 cm³/mol. The minimum absolute atomic E-state index is 0.0856. The van der Waals surface area contributed by atoms with E-state index in [0.717, 1.165) is 30.4 Å². The van der Waals surface area contributed by atoms with Gasteiger partial charge in [0.1, 0.15) is 0 Å². The minimum atomic E-state index is -0.0856. The normalized spacial score (nSPS) is 17.5. The van der Waals surface area contributed by atoms with Gasteiger partial charge in [0.15, 0.2) is 11.5 Å². The number of ether oxygens (including phenoxy) is 1. The molecule has 0 heterocycles. The molecule has 3 nitrogen and oxygen atoms in total. The molecule has 0 saturated heterocycles. The molecule has 1 fully saturated rings. The molecular weight excluding hydrogens is 190 g/mol. The standard InChI is InChI=1S/C12H17NO2/c1-8-3-4-9(7-12(13)5-6-12)10(14)11(8)15-2/h3-4,14H,5-7,13H2,1-2H3. The van der Waals surface area contributed by atoms with Crippen molar-refractivity contribution in [2.45, 2.75) is 31.7 Å². The molecule has 0 bridgehead atoms. The molecule has 15 heavy (non-hydrogen) atoms. The lowest BCUT2D eigenvalue weighted by atomic mass is 10.0. The van der Waals surface area contributed by atoms with Gasteiger partial charge in [-0.15, -0.1) is 0 Å². The van der Waals surface area contributed by atoms with E-state index in [-0.39, 0.29) is 11.3 Å². The van der Waals surface area contributed by atoms with Gasteiger partial charge in [-0.2, -0.15) is 0 Å². The van der Waals surface area contributed by atoms with Crippen LogP contribution in [0.15, 0.2) is 12.1 Å². The van der Waals surface area contributed by atoms with Crippen LogP contribution < -0.4 is 10.5 Å². The van der Waals surface area contributed by atoms with E-state index < -0.39 is 0 Å². The first-order chi connectivity index (χ1) is 7.06. The fourth-order valence-electron chi connectivity index (χ4n) is 1.83. The summed E-state index contributed by atoms with van der Waals surface area (Å²) >= 11 is 0. The minimum Gasteiger partial charge on any atom is -0.504 e. The number of hydrogen-bond donors (Lipinski definition) is 2. The second-order valence-electron chi connectivity index (χ2n) is 4.46. The fraction of sp³-hybridized carbons (Fsp3) is 0.500. The first-order valence-electron chi connectivity index (χ1n) is 5.20. The summed E-state index contributed by atoms with van der Waals surface area (Å²) in [5.74, 6) is 0.811. The molecule has 1 aliphatic carbocycles. The molecule has 1 aliphatic rings. The van der Waals surface area contributed by atoms with Crippen molar-refractivity contribution in [3.63, 3.8) is 0 Å². The van der Waals surface area contributed by atoms with E-state index in [2.05, 4.69) is 0 Å². The highest BCUT2D eigenvalue weighted by atomic mass is 16.5. The Morgan fingerprint density at radius 1 is 1.47 bits per heavy atom. The van der Waals surface area contributed by atoms with Crippen LogP contribution in [0.4, 0.5) is 0 Å². The summed E-state index contributed by atoms with van der Waals surface area (Å²) in [6, 6.07) is 3.89. The van der Waals surface area contributed by atoms with E-state index in [0.29, 0.717) is 5.75 Å². The zero-order chi connectivity index (χ0) is 11.1. The summed E-state index contributed by atoms with van der Waals surface area (Å²) in [4.78, 5) is 0. The maximum Gasteiger partial charge on any atom is 0.163 e. The SMILES string of the molecule is COc1c(C)ccc(CC2(N)CC2)c1O. The van der Waals surface area contributed by atoms with Crippen LogP contribution in [0.2, 0.25) is 0 Å². The maximum atomic E-state index is 9.98. The van der Waals surface area contributed by atoms with Crippen LogP contribution in [0, 0.1) is 6.92 Å². The third kappa shape index (κ3) is 1.92. The summed E-state index contributed by atoms with van der Waals surface area (Å²) in [6.07, 6.45) is 2.82. The first kappa shape index (κ1) is 10.3. The lowest BCUT2D eigenvalue weighted by Crippen LogP contribution is -2.24. The number of phenols is 1. The van der Waals surface area contributed by atoms with Crippen molar-refractivity contribution < 1.29 is 9.84 Å². The maximum absolute atomic E-state index is 9.98. The van der Waals surface area contributed by atoms with E-state index >= 15 is 0 Å². The zero-order valence-electron chi connectivity index (χ0n) is 9.21. The first-order valence-corrected chi connectivity index (χ1v) is 5.20. The van der Waals surface area contributed by atoms with Gasteiger partial charge in [0.2, 0.25) is 0 Å². The van der Waals surface area contributed by atoms with Crippen LogP contribution in [0.25, 0.3) is 0 Å². The second-order valence-corrected chi connectivity index (χ2v) is 4.46. The van der Waals surface area contributed by atoms with Gasteiger partial charge >= 0.3 is 0 Å². The van der Waals surface area contributed by atoms with Gasteiger partial charge in [-0.1, -0.05) is 12.1 Å². The summed E-state index contributed by atoms with van der Waals surface area (Å²) in [5, 5.41) is 9.98. The molecule has 0 radical (unpaired) electrons. The number of methoxy groups -OCH3 is 1. The van der Waals surface area contributed by atoms with Crippen LogP contribution in [-0.4, -0.2) is 17.8 Å². The molecular formula is C12H17NO2. The number of rotatable bonds is 3. The topological polar surface area (TPSA) is 55.5 Å². The smallest absolute Gasteiger partial charge is 0.163 e. The summed E-state index contributed by atoms with van der Waals surface area (Å²) in [5.41, 5.74) is 7.77. The van der Waals surface area contributed by atoms with Crippen molar-refractivity contribution >= 4 is 0 Å². The van der Waals surface area contributed by atoms with Crippen molar-refractivity contribution in [1.82, 2.24) is 0 Å². The molecule has 0 unspecified atom stereocenters. The van der Waals surface area contributed by atoms with Gasteiger partial charge in [0.25, 0.3) is 0 Å². The number of nitrogens with two attached hydrogens (primary N) is 1. The Balaban J connectivity index is 2.31. The largest absolute Gasteiger partial charge is 0.504 e. The summed E-state index contributed by atoms with van der Waals surface area (Å²) in [7, 11) is 1.57. The van der Waals surface area contributed by atoms with Crippen molar-refractivity contribution in [2.75, 3.05) is 7.11 Å². The van der Waals surface area contributed by atoms with Crippen LogP contribution in [0.5, 0.6) is 11.5 Å². The molecule has 0 aromatic heterocycles. The Morgan fingerprint density at radius 2 is 2.13 bits per heavy atom. The Bertz CT molecular complexity index is 383. The highest BCUT2D eigenvalue weighted by molar-refractivity contribution is 5.51. The zero-order valence-corrected chi connectivity index (χ0v) is 9.21. The fourth-order valence-corrected chi connectivity index (χ4v) is 1.83. The Kier molecular flexibility index (Phi) is 2.35. The number of benzene rings is 1. The summed E-state index contributed by atoms with van der Waals surface area (Å²) in [6.45, 7) is 1.91. The van der Waals surface area contributed by atoms with E-state index in [4.69, 9.17) is 10.5 Å². The Morgan fingerprint density at radius 3 is 2.67 bits per heavy atom. The number of hydrogen-bond acceptors (Lipinski definition) is 3. The van der Waals surface area contributed by atoms with Gasteiger partial charge in [-0.3, -0.25) is 0 Å². The highest BCUT2D eigenvalue weighted by Crippen LogP contribution is 2.40. The van der Waals surface area contributed by atoms with Crippen molar-refractivity contribution in [3.8, 4) is 11.5 Å². The van der Waals surface area contributed by atoms with E-state index in [1.807, 2.05) is 19.1 Å². The van der Waals surface area contributed by atoms with Crippen LogP contribution in [0.3, 0.4) is 0 Å². The Hall–Kier alpha value is -1.22. The molecule has 0 aliphatic heterocycles. The Labute approximate surface area is 89.9 Å². The van der Waals surface area contributed by atoms with E-state index in [9.17, 15) is 5.11 Å². The van der Waals surface area contributed by atoms with Gasteiger partial charge in [0, 0.05) is 5.54 Å².